The van der Waals surface area contributed by atoms with Crippen LogP contribution in [0.5, 0.6) is 0 Å². The second-order valence-corrected chi connectivity index (χ2v) is 17.4. The summed E-state index contributed by atoms with van der Waals surface area (Å²) in [6, 6.07) is 22.8. The Morgan fingerprint density at radius 2 is 1.47 bits per heavy atom. The molecular formula is C53H62ClFN8O11. The molecule has 1 aromatic heterocycles. The fourth-order valence-corrected chi connectivity index (χ4v) is 8.13. The first-order valence-electron chi connectivity index (χ1n) is 24.4. The van der Waals surface area contributed by atoms with Crippen molar-refractivity contribution in [1.82, 2.24) is 25.5 Å². The standard InChI is InChI=1S/C53H62ClFN8O11/c1-2-5-45(50(67)59-34-64)63-51(68)40-7-3-8-43(47(40)52(63)69)57-21-24-71-27-28-72-25-22-58-46(65)33-74-31-30-73-29-26-70-23-4-6-35-9-14-37(15-10-35)48(56)41(19-13-36-11-17-39(55)18-12-36)49(66)62-53-60-42-20-16-38(54)32-44(42)61-53/h3,7-12,14-18,20,32,34,45,57H,2,4-6,13,19,21-31,33,56H2,1H3,(H,58,65)(H,59,64,67)(H2,60,61,62,66)/b48-41-. The van der Waals surface area contributed by atoms with Crippen LogP contribution >= 0.6 is 11.6 Å². The molecule has 1 atom stereocenters. The summed E-state index contributed by atoms with van der Waals surface area (Å²) in [6.45, 7) is 5.28. The number of fused-ring (bicyclic) bond motifs is 2. The zero-order chi connectivity index (χ0) is 52.7. The summed E-state index contributed by atoms with van der Waals surface area (Å²) in [5.74, 6) is -2.68. The lowest BCUT2D eigenvalue weighted by Gasteiger charge is -2.24. The average Bonchev–Trinajstić information content (AvgIpc) is 3.91. The van der Waals surface area contributed by atoms with Crippen LogP contribution in [0.1, 0.15) is 70.0 Å². The van der Waals surface area contributed by atoms with Gasteiger partial charge in [-0.3, -0.25) is 44.3 Å². The molecule has 0 fully saturated rings. The van der Waals surface area contributed by atoms with E-state index in [1.807, 2.05) is 36.5 Å². The van der Waals surface area contributed by atoms with E-state index in [1.165, 1.54) is 18.2 Å². The Labute approximate surface area is 433 Å². The van der Waals surface area contributed by atoms with E-state index in [0.717, 1.165) is 28.9 Å². The Bertz CT molecular complexity index is 2720. The molecule has 7 N–H and O–H groups in total. The number of halogens is 2. The number of aryl methyl sites for hydroxylation is 2. The minimum atomic E-state index is -1.10. The number of rotatable bonds is 33. The largest absolute Gasteiger partial charge is 0.398 e. The van der Waals surface area contributed by atoms with Crippen molar-refractivity contribution < 1.29 is 56.8 Å². The van der Waals surface area contributed by atoms with Crippen molar-refractivity contribution in [1.29, 1.82) is 0 Å². The minimum Gasteiger partial charge on any atom is -0.398 e. The van der Waals surface area contributed by atoms with Crippen LogP contribution in [-0.4, -0.2) is 136 Å². The number of nitrogens with zero attached hydrogens (tertiary/aromatic N) is 2. The number of imide groups is 2. The van der Waals surface area contributed by atoms with Crippen LogP contribution in [-0.2, 0) is 55.7 Å². The van der Waals surface area contributed by atoms with E-state index < -0.39 is 29.7 Å². The topological polar surface area (TPSA) is 255 Å². The molecule has 6 amide bonds. The SMILES string of the molecule is CCCC(C(=O)NC=O)N1C(=O)c2cccc(NCCOCCOCCNC(=O)COCCOCCOCCCc3ccc(/C(N)=C(\CCc4ccc(F)cc4)C(=O)Nc4nc5ccc(Cl)cc5[nH]4)cc3)c2C1=O. The van der Waals surface area contributed by atoms with Crippen molar-refractivity contribution in [3.8, 4) is 0 Å². The lowest BCUT2D eigenvalue weighted by molar-refractivity contribution is -0.129. The van der Waals surface area contributed by atoms with Gasteiger partial charge in [-0.25, -0.2) is 9.37 Å². The first kappa shape index (κ1) is 56.2. The number of nitrogens with one attached hydrogen (secondary N) is 5. The molecule has 74 heavy (non-hydrogen) atoms. The molecule has 21 heteroatoms. The quantitative estimate of drug-likeness (QED) is 0.0130. The lowest BCUT2D eigenvalue weighted by atomic mass is 9.98. The van der Waals surface area contributed by atoms with E-state index in [4.69, 9.17) is 41.0 Å². The van der Waals surface area contributed by atoms with Gasteiger partial charge in [0.1, 0.15) is 18.5 Å². The third kappa shape index (κ3) is 16.7. The maximum atomic E-state index is 13.7. The zero-order valence-electron chi connectivity index (χ0n) is 41.2. The van der Waals surface area contributed by atoms with Gasteiger partial charge in [0.05, 0.1) is 75.0 Å². The normalized spacial score (nSPS) is 12.9. The number of benzene rings is 4. The predicted octanol–water partition coefficient (Wildman–Crippen LogP) is 5.58. The molecule has 4 aromatic carbocycles. The number of carbonyl (C=O) groups excluding carboxylic acids is 6. The second kappa shape index (κ2) is 29.6. The number of carbonyl (C=O) groups is 6. The highest BCUT2D eigenvalue weighted by molar-refractivity contribution is 6.31. The Kier molecular flexibility index (Phi) is 22.5. The van der Waals surface area contributed by atoms with Gasteiger partial charge in [0, 0.05) is 41.7 Å². The second-order valence-electron chi connectivity index (χ2n) is 16.9. The summed E-state index contributed by atoms with van der Waals surface area (Å²) < 4.78 is 41.3. The molecule has 0 aliphatic carbocycles. The monoisotopic (exact) mass is 1040 g/mol. The van der Waals surface area contributed by atoms with Gasteiger partial charge in [0.25, 0.3) is 17.7 Å². The highest BCUT2D eigenvalue weighted by atomic mass is 35.5. The number of aromatic nitrogens is 2. The molecule has 19 nitrogen and oxygen atoms in total. The van der Waals surface area contributed by atoms with Crippen LogP contribution in [0.2, 0.25) is 5.02 Å². The van der Waals surface area contributed by atoms with Crippen LogP contribution in [0, 0.1) is 5.82 Å². The summed E-state index contributed by atoms with van der Waals surface area (Å²) in [4.78, 5) is 84.0. The molecule has 0 bridgehead atoms. The highest BCUT2D eigenvalue weighted by Gasteiger charge is 2.43. The number of hydrogen-bond acceptors (Lipinski definition) is 14. The van der Waals surface area contributed by atoms with Crippen LogP contribution < -0.4 is 27.0 Å². The molecule has 5 aromatic rings. The number of H-pyrrole nitrogens is 1. The van der Waals surface area contributed by atoms with Gasteiger partial charge in [-0.1, -0.05) is 67.4 Å². The van der Waals surface area contributed by atoms with Crippen molar-refractivity contribution in [2.75, 3.05) is 89.8 Å². The van der Waals surface area contributed by atoms with Crippen LogP contribution in [0.15, 0.2) is 90.5 Å². The summed E-state index contributed by atoms with van der Waals surface area (Å²) in [6.07, 6.45) is 3.27. The van der Waals surface area contributed by atoms with E-state index in [1.54, 1.807) is 42.5 Å². The molecule has 2 heterocycles. The molecular weight excluding hydrogens is 979 g/mol. The molecule has 1 aliphatic rings. The van der Waals surface area contributed by atoms with Crippen molar-refractivity contribution in [3.63, 3.8) is 0 Å². The van der Waals surface area contributed by atoms with E-state index in [2.05, 4.69) is 25.9 Å². The molecule has 6 rings (SSSR count). The Hall–Kier alpha value is -7.07. The van der Waals surface area contributed by atoms with Crippen molar-refractivity contribution in [2.45, 2.75) is 51.5 Å². The molecule has 0 radical (unpaired) electrons. The summed E-state index contributed by atoms with van der Waals surface area (Å²) in [5.41, 5.74) is 12.1. The maximum Gasteiger partial charge on any atom is 0.264 e. The number of hydrogen-bond donors (Lipinski definition) is 6. The summed E-state index contributed by atoms with van der Waals surface area (Å²) in [7, 11) is 0. The average molecular weight is 1040 g/mol. The minimum absolute atomic E-state index is 0.120. The summed E-state index contributed by atoms with van der Waals surface area (Å²) >= 11 is 6.12. The Morgan fingerprint density at radius 1 is 0.811 bits per heavy atom. The van der Waals surface area contributed by atoms with E-state index in [-0.39, 0.29) is 81.3 Å². The highest BCUT2D eigenvalue weighted by Crippen LogP contribution is 2.32. The fraction of sp³-hybridized carbons (Fsp3) is 0.377. The first-order valence-corrected chi connectivity index (χ1v) is 24.8. The van der Waals surface area contributed by atoms with Crippen molar-refractivity contribution >= 4 is 75.9 Å². The summed E-state index contributed by atoms with van der Waals surface area (Å²) in [5, 5.41) is 11.3. The van der Waals surface area contributed by atoms with Gasteiger partial charge in [-0.05, 0) is 91.3 Å². The number of imidazole rings is 1. The molecule has 1 aliphatic heterocycles. The Morgan fingerprint density at radius 3 is 2.19 bits per heavy atom. The predicted molar refractivity (Wildman–Crippen MR) is 276 cm³/mol. The van der Waals surface area contributed by atoms with Crippen LogP contribution in [0.4, 0.5) is 16.0 Å². The van der Waals surface area contributed by atoms with Gasteiger partial charge >= 0.3 is 0 Å². The third-order valence-electron chi connectivity index (χ3n) is 11.7. The number of amides is 6. The zero-order valence-corrected chi connectivity index (χ0v) is 41.9. The van der Waals surface area contributed by atoms with Crippen LogP contribution in [0.25, 0.3) is 16.7 Å². The molecule has 0 saturated carbocycles. The number of aromatic amines is 1. The number of anilines is 2. The molecule has 0 saturated heterocycles. The molecule has 0 spiro atoms. The van der Waals surface area contributed by atoms with E-state index in [9.17, 15) is 33.2 Å². The fourth-order valence-electron chi connectivity index (χ4n) is 7.96. The smallest absolute Gasteiger partial charge is 0.264 e. The van der Waals surface area contributed by atoms with Gasteiger partial charge in [0.2, 0.25) is 24.2 Å². The van der Waals surface area contributed by atoms with Gasteiger partial charge in [0.15, 0.2) is 0 Å². The first-order chi connectivity index (χ1) is 36.0. The third-order valence-corrected chi connectivity index (χ3v) is 11.9. The van der Waals surface area contributed by atoms with Crippen molar-refractivity contribution in [2.24, 2.45) is 5.73 Å². The van der Waals surface area contributed by atoms with Crippen LogP contribution in [0.3, 0.4) is 0 Å². The van der Waals surface area contributed by atoms with Gasteiger partial charge in [-0.2, -0.15) is 0 Å². The van der Waals surface area contributed by atoms with Crippen molar-refractivity contribution in [3.05, 3.63) is 129 Å². The maximum absolute atomic E-state index is 13.7. The number of nitrogens with two attached hydrogens (primary N) is 1. The Balaban J connectivity index is 0.772. The molecule has 1 unspecified atom stereocenters. The van der Waals surface area contributed by atoms with Gasteiger partial charge in [-0.15, -0.1) is 0 Å². The van der Waals surface area contributed by atoms with E-state index >= 15 is 0 Å². The number of ether oxygens (including phenoxy) is 5. The van der Waals surface area contributed by atoms with Gasteiger partial charge < -0.3 is 45.0 Å². The lowest BCUT2D eigenvalue weighted by Crippen LogP contribution is -2.49. The van der Waals surface area contributed by atoms with E-state index in [0.29, 0.717) is 97.4 Å². The molecule has 394 valence electrons.